The SMILES string of the molecule is CCCCCCCCCCCCCCCCOC(=O)CCC(=O)Nc1ccc(Cl)cc1-c1nc2c(Cl)c(C(C)(C)C)[nH]n2n1. The molecule has 0 aliphatic carbocycles. The number of anilines is 1. The van der Waals surface area contributed by atoms with E-state index in [1.165, 1.54) is 81.7 Å². The van der Waals surface area contributed by atoms with Crippen molar-refractivity contribution < 1.29 is 14.3 Å². The van der Waals surface area contributed by atoms with E-state index >= 15 is 0 Å². The molecule has 44 heavy (non-hydrogen) atoms. The highest BCUT2D eigenvalue weighted by molar-refractivity contribution is 6.34. The molecule has 0 unspecified atom stereocenters. The zero-order valence-electron chi connectivity index (χ0n) is 27.1. The predicted octanol–water partition coefficient (Wildman–Crippen LogP) is 10.1. The zero-order valence-corrected chi connectivity index (χ0v) is 28.6. The lowest BCUT2D eigenvalue weighted by atomic mass is 9.92. The van der Waals surface area contributed by atoms with Crippen molar-refractivity contribution in [2.75, 3.05) is 11.9 Å². The van der Waals surface area contributed by atoms with E-state index in [9.17, 15) is 9.59 Å². The normalized spacial score (nSPS) is 11.8. The number of fused-ring (bicyclic) bond motifs is 1. The Labute approximate surface area is 273 Å². The van der Waals surface area contributed by atoms with Gasteiger partial charge in [-0.05, 0) is 24.6 Å². The number of benzene rings is 1. The molecule has 8 nitrogen and oxygen atoms in total. The average molecular weight is 649 g/mol. The smallest absolute Gasteiger partial charge is 0.306 e. The van der Waals surface area contributed by atoms with Crippen molar-refractivity contribution in [3.63, 3.8) is 0 Å². The van der Waals surface area contributed by atoms with E-state index in [1.54, 1.807) is 18.2 Å². The second kappa shape index (κ2) is 18.4. The molecule has 0 saturated heterocycles. The first kappa shape index (κ1) is 35.9. The van der Waals surface area contributed by atoms with Crippen LogP contribution in [0.2, 0.25) is 10.0 Å². The summed E-state index contributed by atoms with van der Waals surface area (Å²) in [5.41, 5.74) is 2.16. The number of hydrogen-bond acceptors (Lipinski definition) is 5. The van der Waals surface area contributed by atoms with E-state index in [2.05, 4.69) is 27.4 Å². The third kappa shape index (κ3) is 11.7. The van der Waals surface area contributed by atoms with Gasteiger partial charge >= 0.3 is 5.97 Å². The zero-order chi connectivity index (χ0) is 32.0. The summed E-state index contributed by atoms with van der Waals surface area (Å²) in [6.07, 6.45) is 18.0. The number of nitrogens with one attached hydrogen (secondary N) is 2. The van der Waals surface area contributed by atoms with Gasteiger partial charge in [0.05, 0.1) is 24.4 Å². The summed E-state index contributed by atoms with van der Waals surface area (Å²) >= 11 is 12.8. The number of carbonyl (C=O) groups is 2. The summed E-state index contributed by atoms with van der Waals surface area (Å²) in [7, 11) is 0. The summed E-state index contributed by atoms with van der Waals surface area (Å²) in [6, 6.07) is 5.06. The molecule has 0 aliphatic rings. The average Bonchev–Trinajstić information content (AvgIpc) is 3.54. The monoisotopic (exact) mass is 647 g/mol. The number of aromatic nitrogens is 4. The molecule has 3 rings (SSSR count). The van der Waals surface area contributed by atoms with Crippen LogP contribution >= 0.6 is 23.2 Å². The maximum absolute atomic E-state index is 12.7. The van der Waals surface area contributed by atoms with Crippen LogP contribution in [-0.2, 0) is 19.7 Å². The number of unbranched alkanes of at least 4 members (excludes halogenated alkanes) is 13. The van der Waals surface area contributed by atoms with Crippen molar-refractivity contribution in [3.05, 3.63) is 33.9 Å². The standard InChI is InChI=1S/C34H51Cl2N5O3/c1-5-6-7-8-9-10-11-12-13-14-15-16-17-18-23-44-29(43)22-21-28(42)37-27-20-19-25(35)24-26(27)32-38-33-30(36)31(34(2,3)4)39-41(33)40-32/h19-20,24,39H,5-18,21-23H2,1-4H3,(H,37,42). The largest absolute Gasteiger partial charge is 0.466 e. The molecular formula is C34H51Cl2N5O3. The maximum Gasteiger partial charge on any atom is 0.306 e. The number of nitrogens with zero attached hydrogens (tertiary/aromatic N) is 3. The first-order chi connectivity index (χ1) is 21.1. The molecule has 0 saturated carbocycles. The molecule has 2 aromatic heterocycles. The highest BCUT2D eigenvalue weighted by Crippen LogP contribution is 2.34. The van der Waals surface area contributed by atoms with Crippen molar-refractivity contribution in [3.8, 4) is 11.4 Å². The number of halogens is 2. The van der Waals surface area contributed by atoms with E-state index in [0.717, 1.165) is 18.5 Å². The first-order valence-electron chi connectivity index (χ1n) is 16.5. The van der Waals surface area contributed by atoms with Crippen LogP contribution in [0.4, 0.5) is 5.69 Å². The molecule has 3 aromatic rings. The van der Waals surface area contributed by atoms with Gasteiger partial charge in [0.1, 0.15) is 5.02 Å². The lowest BCUT2D eigenvalue weighted by Gasteiger charge is -2.16. The van der Waals surface area contributed by atoms with Crippen molar-refractivity contribution >= 4 is 46.4 Å². The topological polar surface area (TPSA) is 101 Å². The second-order valence-corrected chi connectivity index (χ2v) is 13.6. The Morgan fingerprint density at radius 2 is 1.48 bits per heavy atom. The Morgan fingerprint density at radius 1 is 0.886 bits per heavy atom. The minimum Gasteiger partial charge on any atom is -0.466 e. The number of rotatable bonds is 20. The van der Waals surface area contributed by atoms with Crippen molar-refractivity contribution in [2.45, 2.75) is 136 Å². The minimum atomic E-state index is -0.361. The highest BCUT2D eigenvalue weighted by atomic mass is 35.5. The van der Waals surface area contributed by atoms with Crippen molar-refractivity contribution in [1.82, 2.24) is 19.8 Å². The van der Waals surface area contributed by atoms with E-state index in [4.69, 9.17) is 27.9 Å². The molecule has 0 bridgehead atoms. The van der Waals surface area contributed by atoms with Crippen LogP contribution in [0.15, 0.2) is 18.2 Å². The van der Waals surface area contributed by atoms with E-state index in [1.807, 2.05) is 20.8 Å². The van der Waals surface area contributed by atoms with E-state index < -0.39 is 0 Å². The molecule has 0 radical (unpaired) electrons. The number of aromatic amines is 1. The van der Waals surface area contributed by atoms with Gasteiger partial charge in [-0.1, -0.05) is 134 Å². The molecule has 10 heteroatoms. The van der Waals surface area contributed by atoms with Crippen LogP contribution in [0, 0.1) is 0 Å². The fraction of sp³-hybridized carbons (Fsp3) is 0.647. The second-order valence-electron chi connectivity index (χ2n) is 12.8. The predicted molar refractivity (Wildman–Crippen MR) is 181 cm³/mol. The molecule has 1 aromatic carbocycles. The van der Waals surface area contributed by atoms with Gasteiger partial charge in [0.15, 0.2) is 11.5 Å². The number of amides is 1. The number of ether oxygens (including phenoxy) is 1. The van der Waals surface area contributed by atoms with Gasteiger partial charge in [0, 0.05) is 22.4 Å². The van der Waals surface area contributed by atoms with Gasteiger partial charge in [-0.2, -0.15) is 4.63 Å². The Balaban J connectivity index is 1.32. The van der Waals surface area contributed by atoms with Crippen LogP contribution in [0.3, 0.4) is 0 Å². The maximum atomic E-state index is 12.7. The molecule has 0 spiro atoms. The molecule has 0 atom stereocenters. The highest BCUT2D eigenvalue weighted by Gasteiger charge is 2.25. The van der Waals surface area contributed by atoms with Crippen LogP contribution in [0.1, 0.15) is 136 Å². The summed E-state index contributed by atoms with van der Waals surface area (Å²) in [4.78, 5) is 29.5. The molecule has 2 N–H and O–H groups in total. The van der Waals surface area contributed by atoms with Gasteiger partial charge in [-0.3, -0.25) is 14.7 Å². The number of esters is 1. The first-order valence-corrected chi connectivity index (χ1v) is 17.3. The minimum absolute atomic E-state index is 0.0117. The van der Waals surface area contributed by atoms with Crippen LogP contribution in [0.5, 0.6) is 0 Å². The van der Waals surface area contributed by atoms with Gasteiger partial charge in [-0.25, -0.2) is 4.98 Å². The van der Waals surface area contributed by atoms with Crippen molar-refractivity contribution in [2.24, 2.45) is 0 Å². The quantitative estimate of drug-likeness (QED) is 0.0938. The lowest BCUT2D eigenvalue weighted by Crippen LogP contribution is -2.15. The fourth-order valence-corrected chi connectivity index (χ4v) is 5.82. The van der Waals surface area contributed by atoms with Gasteiger partial charge in [0.2, 0.25) is 5.91 Å². The van der Waals surface area contributed by atoms with Crippen molar-refractivity contribution in [1.29, 1.82) is 0 Å². The molecule has 2 heterocycles. The van der Waals surface area contributed by atoms with E-state index in [0.29, 0.717) is 39.4 Å². The van der Waals surface area contributed by atoms with Gasteiger partial charge in [-0.15, -0.1) is 5.10 Å². The number of hydrogen-bond donors (Lipinski definition) is 2. The molecule has 1 amide bonds. The van der Waals surface area contributed by atoms with Crippen LogP contribution in [0.25, 0.3) is 17.0 Å². The third-order valence-corrected chi connectivity index (χ3v) is 8.40. The molecule has 0 fully saturated rings. The lowest BCUT2D eigenvalue weighted by molar-refractivity contribution is -0.144. The number of carbonyl (C=O) groups excluding carboxylic acids is 2. The van der Waals surface area contributed by atoms with E-state index in [-0.39, 0.29) is 30.1 Å². The van der Waals surface area contributed by atoms with Crippen LogP contribution in [-0.4, -0.2) is 38.3 Å². The molecule has 0 aliphatic heterocycles. The summed E-state index contributed by atoms with van der Waals surface area (Å²) < 4.78 is 6.88. The van der Waals surface area contributed by atoms with Gasteiger partial charge in [0.25, 0.3) is 0 Å². The molecular weight excluding hydrogens is 597 g/mol. The third-order valence-electron chi connectivity index (χ3n) is 7.80. The Kier molecular flexibility index (Phi) is 15.0. The summed E-state index contributed by atoms with van der Waals surface area (Å²) in [5.74, 6) is -0.302. The Morgan fingerprint density at radius 3 is 2.05 bits per heavy atom. The molecule has 244 valence electrons. The summed E-state index contributed by atoms with van der Waals surface area (Å²) in [6.45, 7) is 8.81. The Bertz CT molecular complexity index is 1330. The Hall–Kier alpha value is -2.58. The number of H-pyrrole nitrogens is 1. The fourth-order valence-electron chi connectivity index (χ4n) is 5.20. The van der Waals surface area contributed by atoms with Gasteiger partial charge < -0.3 is 10.1 Å². The van der Waals surface area contributed by atoms with Crippen LogP contribution < -0.4 is 5.32 Å². The summed E-state index contributed by atoms with van der Waals surface area (Å²) in [5, 5.41) is 11.6.